The third kappa shape index (κ3) is 7.14. The van der Waals surface area contributed by atoms with Crippen molar-refractivity contribution in [3.8, 4) is 0 Å². The van der Waals surface area contributed by atoms with Gasteiger partial charge in [0.05, 0.1) is 12.6 Å². The second-order valence-corrected chi connectivity index (χ2v) is 6.14. The molecular formula is C15H25N3O5. The highest BCUT2D eigenvalue weighted by molar-refractivity contribution is 5.68. The van der Waals surface area contributed by atoms with Gasteiger partial charge in [0.2, 0.25) is 0 Å². The molecule has 1 amide bonds. The largest absolute Gasteiger partial charge is 0.444 e. The van der Waals surface area contributed by atoms with Crippen molar-refractivity contribution in [3.05, 3.63) is 28.0 Å². The first-order chi connectivity index (χ1) is 10.7. The van der Waals surface area contributed by atoms with Crippen molar-refractivity contribution < 1.29 is 18.9 Å². The van der Waals surface area contributed by atoms with E-state index in [1.165, 1.54) is 6.07 Å². The van der Waals surface area contributed by atoms with Crippen molar-refractivity contribution in [1.29, 1.82) is 0 Å². The number of ether oxygens (including phenoxy) is 1. The van der Waals surface area contributed by atoms with Gasteiger partial charge in [0.25, 0.3) is 0 Å². The summed E-state index contributed by atoms with van der Waals surface area (Å²) in [6.45, 7) is 9.49. The van der Waals surface area contributed by atoms with Gasteiger partial charge in [0.1, 0.15) is 16.3 Å². The Hall–Kier alpha value is -2.09. The molecule has 0 saturated carbocycles. The minimum Gasteiger partial charge on any atom is -0.444 e. The molecule has 0 fully saturated rings. The van der Waals surface area contributed by atoms with Crippen LogP contribution in [0.15, 0.2) is 16.5 Å². The number of hydrogen-bond donors (Lipinski definition) is 1. The van der Waals surface area contributed by atoms with E-state index in [1.54, 1.807) is 11.0 Å². The molecule has 0 aliphatic carbocycles. The van der Waals surface area contributed by atoms with Gasteiger partial charge in [-0.1, -0.05) is 6.92 Å². The first kappa shape index (κ1) is 19.0. The van der Waals surface area contributed by atoms with Crippen LogP contribution in [0.4, 0.5) is 10.7 Å². The number of nitrogens with one attached hydrogen (secondary N) is 1. The van der Waals surface area contributed by atoms with Crippen molar-refractivity contribution in [2.24, 2.45) is 0 Å². The van der Waals surface area contributed by atoms with Gasteiger partial charge in [-0.3, -0.25) is 10.1 Å². The molecular weight excluding hydrogens is 302 g/mol. The number of rotatable bonds is 8. The van der Waals surface area contributed by atoms with Crippen LogP contribution < -0.4 is 5.32 Å². The fourth-order valence-electron chi connectivity index (χ4n) is 1.88. The summed E-state index contributed by atoms with van der Waals surface area (Å²) in [7, 11) is 0. The molecule has 0 unspecified atom stereocenters. The topological polar surface area (TPSA) is 97.9 Å². The third-order valence-corrected chi connectivity index (χ3v) is 2.83. The summed E-state index contributed by atoms with van der Waals surface area (Å²) in [5.74, 6) is 0.208. The maximum Gasteiger partial charge on any atom is 0.433 e. The van der Waals surface area contributed by atoms with Gasteiger partial charge < -0.3 is 19.4 Å². The highest BCUT2D eigenvalue weighted by Gasteiger charge is 2.21. The Balaban J connectivity index is 2.40. The quantitative estimate of drug-likeness (QED) is 0.448. The molecule has 0 aliphatic rings. The van der Waals surface area contributed by atoms with E-state index in [0.29, 0.717) is 31.9 Å². The molecule has 0 spiro atoms. The first-order valence-electron chi connectivity index (χ1n) is 7.64. The van der Waals surface area contributed by atoms with Crippen LogP contribution in [0.5, 0.6) is 0 Å². The normalized spacial score (nSPS) is 11.3. The summed E-state index contributed by atoms with van der Waals surface area (Å²) in [5.41, 5.74) is -0.524. The second-order valence-electron chi connectivity index (χ2n) is 6.14. The molecule has 0 saturated heterocycles. The molecule has 1 aromatic rings. The fraction of sp³-hybridized carbons (Fsp3) is 0.667. The molecule has 23 heavy (non-hydrogen) atoms. The van der Waals surface area contributed by atoms with E-state index in [9.17, 15) is 14.9 Å². The highest BCUT2D eigenvalue weighted by atomic mass is 16.6. The molecule has 0 aromatic carbocycles. The molecule has 1 N–H and O–H groups in total. The maximum atomic E-state index is 12.1. The van der Waals surface area contributed by atoms with Crippen LogP contribution in [0.1, 0.15) is 39.9 Å². The standard InChI is InChI=1S/C15H25N3O5/c1-5-9-17(14(19)23-15(2,3)4)10-8-16-11-12-6-7-13(22-12)18(20)21/h6-7,16H,5,8-11H2,1-4H3. The Labute approximate surface area is 135 Å². The fourth-order valence-corrected chi connectivity index (χ4v) is 1.88. The third-order valence-electron chi connectivity index (χ3n) is 2.83. The van der Waals surface area contributed by atoms with Gasteiger partial charge in [-0.2, -0.15) is 0 Å². The van der Waals surface area contributed by atoms with E-state index >= 15 is 0 Å². The van der Waals surface area contributed by atoms with Gasteiger partial charge in [0.15, 0.2) is 0 Å². The molecule has 1 rings (SSSR count). The summed E-state index contributed by atoms with van der Waals surface area (Å²) < 4.78 is 10.4. The predicted octanol–water partition coefficient (Wildman–Crippen LogP) is 2.92. The maximum absolute atomic E-state index is 12.1. The van der Waals surface area contributed by atoms with Crippen LogP contribution in [0.2, 0.25) is 0 Å². The Morgan fingerprint density at radius 2 is 2.09 bits per heavy atom. The van der Waals surface area contributed by atoms with Crippen LogP contribution in [0, 0.1) is 10.1 Å². The zero-order valence-corrected chi connectivity index (χ0v) is 14.1. The molecule has 1 aromatic heterocycles. The molecule has 0 atom stereocenters. The number of carbonyl (C=O) groups is 1. The molecule has 0 aliphatic heterocycles. The van der Waals surface area contributed by atoms with Crippen LogP contribution in [-0.2, 0) is 11.3 Å². The second kappa shape index (κ2) is 8.52. The van der Waals surface area contributed by atoms with E-state index in [-0.39, 0.29) is 12.0 Å². The minimum atomic E-state index is -0.574. The van der Waals surface area contributed by atoms with Crippen LogP contribution in [0.25, 0.3) is 0 Å². The number of furan rings is 1. The van der Waals surface area contributed by atoms with Crippen LogP contribution >= 0.6 is 0 Å². The van der Waals surface area contributed by atoms with Crippen molar-refractivity contribution in [2.45, 2.75) is 46.3 Å². The smallest absolute Gasteiger partial charge is 0.433 e. The van der Waals surface area contributed by atoms with Crippen molar-refractivity contribution >= 4 is 12.0 Å². The summed E-state index contributed by atoms with van der Waals surface area (Å²) in [6.07, 6.45) is 0.499. The lowest BCUT2D eigenvalue weighted by Crippen LogP contribution is -2.40. The predicted molar refractivity (Wildman–Crippen MR) is 85.2 cm³/mol. The van der Waals surface area contributed by atoms with Gasteiger partial charge in [-0.25, -0.2) is 4.79 Å². The highest BCUT2D eigenvalue weighted by Crippen LogP contribution is 2.15. The Bertz CT molecular complexity index is 521. The van der Waals surface area contributed by atoms with Crippen LogP contribution in [-0.4, -0.2) is 41.2 Å². The molecule has 130 valence electrons. The lowest BCUT2D eigenvalue weighted by Gasteiger charge is -2.27. The zero-order chi connectivity index (χ0) is 17.5. The molecule has 0 radical (unpaired) electrons. The van der Waals surface area contributed by atoms with Gasteiger partial charge in [0, 0.05) is 19.6 Å². The summed E-state index contributed by atoms with van der Waals surface area (Å²) in [4.78, 5) is 23.7. The number of nitro groups is 1. The molecule has 0 bridgehead atoms. The van der Waals surface area contributed by atoms with Crippen molar-refractivity contribution in [3.63, 3.8) is 0 Å². The Morgan fingerprint density at radius 1 is 1.39 bits per heavy atom. The lowest BCUT2D eigenvalue weighted by molar-refractivity contribution is -0.402. The van der Waals surface area contributed by atoms with Gasteiger partial charge >= 0.3 is 12.0 Å². The van der Waals surface area contributed by atoms with Gasteiger partial charge in [-0.15, -0.1) is 0 Å². The summed E-state index contributed by atoms with van der Waals surface area (Å²) in [6, 6.07) is 2.88. The summed E-state index contributed by atoms with van der Waals surface area (Å²) in [5, 5.41) is 13.6. The van der Waals surface area contributed by atoms with E-state index in [2.05, 4.69) is 5.32 Å². The van der Waals surface area contributed by atoms with Crippen LogP contribution in [0.3, 0.4) is 0 Å². The number of hydrogen-bond acceptors (Lipinski definition) is 6. The van der Waals surface area contributed by atoms with E-state index < -0.39 is 10.5 Å². The molecule has 1 heterocycles. The molecule has 8 nitrogen and oxygen atoms in total. The minimum absolute atomic E-state index is 0.275. The van der Waals surface area contributed by atoms with E-state index in [1.807, 2.05) is 27.7 Å². The first-order valence-corrected chi connectivity index (χ1v) is 7.64. The Morgan fingerprint density at radius 3 is 2.61 bits per heavy atom. The average Bonchev–Trinajstić information content (AvgIpc) is 2.89. The number of carbonyl (C=O) groups excluding carboxylic acids is 1. The van der Waals surface area contributed by atoms with E-state index in [0.717, 1.165) is 6.42 Å². The zero-order valence-electron chi connectivity index (χ0n) is 14.1. The lowest BCUT2D eigenvalue weighted by atomic mass is 10.2. The van der Waals surface area contributed by atoms with Crippen molar-refractivity contribution in [2.75, 3.05) is 19.6 Å². The summed E-state index contributed by atoms with van der Waals surface area (Å²) >= 11 is 0. The van der Waals surface area contributed by atoms with Gasteiger partial charge in [-0.05, 0) is 33.3 Å². The molecule has 8 heteroatoms. The van der Waals surface area contributed by atoms with E-state index in [4.69, 9.17) is 9.15 Å². The number of nitrogens with zero attached hydrogens (tertiary/aromatic N) is 2. The monoisotopic (exact) mass is 327 g/mol. The SMILES string of the molecule is CCCN(CCNCc1ccc([N+](=O)[O-])o1)C(=O)OC(C)(C)C. The Kier molecular flexibility index (Phi) is 7.02. The number of amides is 1. The van der Waals surface area contributed by atoms with Crippen molar-refractivity contribution in [1.82, 2.24) is 10.2 Å². The average molecular weight is 327 g/mol.